The van der Waals surface area contributed by atoms with Gasteiger partial charge < -0.3 is 10.1 Å². The molecule has 0 aliphatic rings. The van der Waals surface area contributed by atoms with Crippen LogP contribution in [-0.4, -0.2) is 21.4 Å². The van der Waals surface area contributed by atoms with E-state index in [0.29, 0.717) is 16.9 Å². The number of hydrogen-bond donors (Lipinski definition) is 1. The van der Waals surface area contributed by atoms with Gasteiger partial charge in [-0.3, -0.25) is 4.79 Å². The maximum atomic E-state index is 13.3. The van der Waals surface area contributed by atoms with E-state index in [1.807, 2.05) is 6.92 Å². The van der Waals surface area contributed by atoms with Gasteiger partial charge in [0.05, 0.1) is 12.0 Å². The summed E-state index contributed by atoms with van der Waals surface area (Å²) in [6.45, 7) is 1.89. The van der Waals surface area contributed by atoms with Crippen LogP contribution in [0.2, 0.25) is 0 Å². The molecule has 144 valence electrons. The van der Waals surface area contributed by atoms with E-state index in [2.05, 4.69) is 5.32 Å². The third-order valence-corrected chi connectivity index (χ3v) is 6.32. The van der Waals surface area contributed by atoms with Crippen molar-refractivity contribution in [3.8, 4) is 5.75 Å². The number of rotatable bonds is 6. The van der Waals surface area contributed by atoms with Crippen LogP contribution in [0.25, 0.3) is 0 Å². The minimum atomic E-state index is -3.84. The molecule has 3 aromatic rings. The summed E-state index contributed by atoms with van der Waals surface area (Å²) in [5, 5.41) is 1.47. The highest BCUT2D eigenvalue weighted by molar-refractivity contribution is 7.91. The molecule has 1 atom stereocenters. The molecule has 28 heavy (non-hydrogen) atoms. The number of aryl methyl sites for hydroxylation is 1. The molecule has 0 saturated carbocycles. The van der Waals surface area contributed by atoms with E-state index >= 15 is 0 Å². The summed E-state index contributed by atoms with van der Waals surface area (Å²) in [6, 6.07) is 21.7. The Bertz CT molecular complexity index is 1040. The van der Waals surface area contributed by atoms with Crippen LogP contribution < -0.4 is 10.1 Å². The number of carbonyl (C=O) groups excluding carboxylic acids is 1. The second kappa shape index (κ2) is 8.27. The van der Waals surface area contributed by atoms with Crippen LogP contribution in [0.3, 0.4) is 0 Å². The fraction of sp³-hybridized carbons (Fsp3) is 0.136. The molecule has 6 heteroatoms. The van der Waals surface area contributed by atoms with Gasteiger partial charge in [0, 0.05) is 5.56 Å². The zero-order valence-electron chi connectivity index (χ0n) is 15.6. The first-order chi connectivity index (χ1) is 13.4. The lowest BCUT2D eigenvalue weighted by molar-refractivity contribution is 0.0948. The van der Waals surface area contributed by atoms with Crippen molar-refractivity contribution < 1.29 is 17.9 Å². The highest BCUT2D eigenvalue weighted by Gasteiger charge is 2.30. The second-order valence-electron chi connectivity index (χ2n) is 6.35. The van der Waals surface area contributed by atoms with Crippen LogP contribution in [0.4, 0.5) is 0 Å². The zero-order valence-corrected chi connectivity index (χ0v) is 16.4. The number of sulfone groups is 1. The molecule has 0 spiro atoms. The fourth-order valence-electron chi connectivity index (χ4n) is 2.78. The summed E-state index contributed by atoms with van der Waals surface area (Å²) in [5.41, 5.74) is 1.79. The molecule has 0 aliphatic carbocycles. The molecule has 0 bridgehead atoms. The SMILES string of the molecule is COc1ccc(C(=O)NC(c2ccccc2)S(=O)(=O)c2ccc(C)cc2)cc1. The van der Waals surface area contributed by atoms with Crippen LogP contribution in [0.5, 0.6) is 5.75 Å². The molecule has 3 aromatic carbocycles. The summed E-state index contributed by atoms with van der Waals surface area (Å²) < 4.78 is 31.6. The van der Waals surface area contributed by atoms with Gasteiger partial charge >= 0.3 is 0 Å². The lowest BCUT2D eigenvalue weighted by atomic mass is 10.2. The minimum Gasteiger partial charge on any atom is -0.497 e. The third-order valence-electron chi connectivity index (χ3n) is 4.38. The van der Waals surface area contributed by atoms with Gasteiger partial charge in [0.25, 0.3) is 5.91 Å². The first-order valence-corrected chi connectivity index (χ1v) is 10.3. The Labute approximate surface area is 164 Å². The van der Waals surface area contributed by atoms with Gasteiger partial charge in [-0.05, 0) is 48.9 Å². The highest BCUT2D eigenvalue weighted by atomic mass is 32.2. The largest absolute Gasteiger partial charge is 0.497 e. The number of ether oxygens (including phenoxy) is 1. The number of hydrogen-bond acceptors (Lipinski definition) is 4. The summed E-state index contributed by atoms with van der Waals surface area (Å²) in [7, 11) is -2.31. The Kier molecular flexibility index (Phi) is 5.80. The van der Waals surface area contributed by atoms with Crippen molar-refractivity contribution >= 4 is 15.7 Å². The molecule has 0 aliphatic heterocycles. The monoisotopic (exact) mass is 395 g/mol. The van der Waals surface area contributed by atoms with E-state index in [9.17, 15) is 13.2 Å². The number of benzene rings is 3. The van der Waals surface area contributed by atoms with Gasteiger partial charge in [-0.2, -0.15) is 0 Å². The summed E-state index contributed by atoms with van der Waals surface area (Å²) in [4.78, 5) is 12.9. The summed E-state index contributed by atoms with van der Waals surface area (Å²) in [6.07, 6.45) is 0. The zero-order chi connectivity index (χ0) is 20.1. The van der Waals surface area contributed by atoms with Gasteiger partial charge in [-0.15, -0.1) is 0 Å². The van der Waals surface area contributed by atoms with E-state index in [4.69, 9.17) is 4.74 Å². The lowest BCUT2D eigenvalue weighted by Gasteiger charge is -2.20. The van der Waals surface area contributed by atoms with Gasteiger partial charge in [0.15, 0.2) is 5.37 Å². The first kappa shape index (κ1) is 19.6. The van der Waals surface area contributed by atoms with Crippen LogP contribution in [0.15, 0.2) is 83.8 Å². The molecule has 0 fully saturated rings. The minimum absolute atomic E-state index is 0.155. The summed E-state index contributed by atoms with van der Waals surface area (Å²) in [5.74, 6) is 0.135. The Morgan fingerprint density at radius 3 is 2.07 bits per heavy atom. The van der Waals surface area contributed by atoms with Crippen LogP contribution in [0.1, 0.15) is 26.9 Å². The molecule has 5 nitrogen and oxygen atoms in total. The van der Waals surface area contributed by atoms with Crippen LogP contribution in [-0.2, 0) is 9.84 Å². The Balaban J connectivity index is 1.97. The van der Waals surface area contributed by atoms with E-state index < -0.39 is 21.1 Å². The predicted octanol–water partition coefficient (Wildman–Crippen LogP) is 3.91. The predicted molar refractivity (Wildman–Crippen MR) is 108 cm³/mol. The summed E-state index contributed by atoms with van der Waals surface area (Å²) >= 11 is 0. The molecule has 1 unspecified atom stereocenters. The normalized spacial score (nSPS) is 12.2. The molecule has 0 radical (unpaired) electrons. The van der Waals surface area contributed by atoms with E-state index in [0.717, 1.165) is 5.56 Å². The Hall–Kier alpha value is -3.12. The molecule has 0 saturated heterocycles. The lowest BCUT2D eigenvalue weighted by Crippen LogP contribution is -2.34. The first-order valence-electron chi connectivity index (χ1n) is 8.72. The average molecular weight is 395 g/mol. The topological polar surface area (TPSA) is 72.5 Å². The van der Waals surface area contributed by atoms with Crippen molar-refractivity contribution in [3.05, 3.63) is 95.6 Å². The quantitative estimate of drug-likeness (QED) is 0.687. The molecule has 0 aromatic heterocycles. The van der Waals surface area contributed by atoms with E-state index in [1.54, 1.807) is 78.9 Å². The van der Waals surface area contributed by atoms with Gasteiger partial charge in [-0.1, -0.05) is 48.0 Å². The molecule has 3 rings (SSSR count). The molecule has 1 amide bonds. The molecule has 0 heterocycles. The maximum absolute atomic E-state index is 13.3. The van der Waals surface area contributed by atoms with Crippen molar-refractivity contribution in [1.29, 1.82) is 0 Å². The highest BCUT2D eigenvalue weighted by Crippen LogP contribution is 2.27. The van der Waals surface area contributed by atoms with E-state index in [-0.39, 0.29) is 4.90 Å². The van der Waals surface area contributed by atoms with E-state index in [1.165, 1.54) is 7.11 Å². The molecular weight excluding hydrogens is 374 g/mol. The van der Waals surface area contributed by atoms with Crippen molar-refractivity contribution in [2.75, 3.05) is 7.11 Å². The number of nitrogens with one attached hydrogen (secondary N) is 1. The fourth-order valence-corrected chi connectivity index (χ4v) is 4.34. The van der Waals surface area contributed by atoms with Crippen LogP contribution in [0, 0.1) is 6.92 Å². The standard InChI is InChI=1S/C22H21NO4S/c1-16-8-14-20(15-9-16)28(25,26)22(18-6-4-3-5-7-18)23-21(24)17-10-12-19(27-2)13-11-17/h3-15,22H,1-2H3,(H,23,24). The third kappa shape index (κ3) is 4.23. The van der Waals surface area contributed by atoms with Gasteiger partial charge in [0.1, 0.15) is 5.75 Å². The van der Waals surface area contributed by atoms with Crippen molar-refractivity contribution in [2.45, 2.75) is 17.2 Å². The number of methoxy groups -OCH3 is 1. The Morgan fingerprint density at radius 1 is 0.893 bits per heavy atom. The van der Waals surface area contributed by atoms with Crippen molar-refractivity contribution in [2.24, 2.45) is 0 Å². The van der Waals surface area contributed by atoms with Crippen molar-refractivity contribution in [3.63, 3.8) is 0 Å². The Morgan fingerprint density at radius 2 is 1.50 bits per heavy atom. The number of carbonyl (C=O) groups is 1. The number of amides is 1. The maximum Gasteiger partial charge on any atom is 0.252 e. The van der Waals surface area contributed by atoms with Crippen molar-refractivity contribution in [1.82, 2.24) is 5.32 Å². The smallest absolute Gasteiger partial charge is 0.252 e. The van der Waals surface area contributed by atoms with Gasteiger partial charge in [0.2, 0.25) is 9.84 Å². The second-order valence-corrected chi connectivity index (χ2v) is 8.38. The molecule has 1 N–H and O–H groups in total. The van der Waals surface area contributed by atoms with Crippen LogP contribution >= 0.6 is 0 Å². The van der Waals surface area contributed by atoms with Gasteiger partial charge in [-0.25, -0.2) is 8.42 Å². The molecular formula is C22H21NO4S. The average Bonchev–Trinajstić information content (AvgIpc) is 2.72.